The first-order valence-electron chi connectivity index (χ1n) is 6.22. The zero-order valence-corrected chi connectivity index (χ0v) is 11.4. The van der Waals surface area contributed by atoms with Gasteiger partial charge in [-0.05, 0) is 18.4 Å². The molecule has 0 amide bonds. The summed E-state index contributed by atoms with van der Waals surface area (Å²) >= 11 is 0. The van der Waals surface area contributed by atoms with Gasteiger partial charge in [-0.25, -0.2) is 0 Å². The van der Waals surface area contributed by atoms with Crippen molar-refractivity contribution in [3.05, 3.63) is 35.9 Å². The van der Waals surface area contributed by atoms with Crippen LogP contribution in [-0.4, -0.2) is 24.2 Å². The quantitative estimate of drug-likeness (QED) is 0.546. The molecule has 1 atom stereocenters. The molecule has 1 unspecified atom stereocenters. The lowest BCUT2D eigenvalue weighted by molar-refractivity contribution is 0.193. The summed E-state index contributed by atoms with van der Waals surface area (Å²) in [7, 11) is 0. The SMILES string of the molecule is CC(C)CN=C(N)NC(C)(CO)c1ccccc1. The Balaban J connectivity index is 2.81. The first-order valence-corrected chi connectivity index (χ1v) is 6.22. The lowest BCUT2D eigenvalue weighted by atomic mass is 9.93. The average molecular weight is 249 g/mol. The van der Waals surface area contributed by atoms with Crippen molar-refractivity contribution in [1.82, 2.24) is 5.32 Å². The molecule has 0 radical (unpaired) electrons. The maximum absolute atomic E-state index is 9.59. The Bertz CT molecular complexity index is 389. The molecule has 1 aromatic rings. The summed E-state index contributed by atoms with van der Waals surface area (Å²) in [5, 5.41) is 12.7. The van der Waals surface area contributed by atoms with Gasteiger partial charge in [0.05, 0.1) is 12.1 Å². The van der Waals surface area contributed by atoms with Gasteiger partial charge in [0.2, 0.25) is 0 Å². The minimum absolute atomic E-state index is 0.0467. The van der Waals surface area contributed by atoms with E-state index < -0.39 is 5.54 Å². The van der Waals surface area contributed by atoms with Crippen LogP contribution in [0.15, 0.2) is 35.3 Å². The number of guanidine groups is 1. The molecule has 0 saturated heterocycles. The lowest BCUT2D eigenvalue weighted by Crippen LogP contribution is -2.49. The maximum Gasteiger partial charge on any atom is 0.189 e. The number of hydrogen-bond donors (Lipinski definition) is 3. The number of nitrogens with one attached hydrogen (secondary N) is 1. The van der Waals surface area contributed by atoms with E-state index in [-0.39, 0.29) is 6.61 Å². The summed E-state index contributed by atoms with van der Waals surface area (Å²) in [4.78, 5) is 4.25. The van der Waals surface area contributed by atoms with Crippen molar-refractivity contribution in [1.29, 1.82) is 0 Å². The molecular weight excluding hydrogens is 226 g/mol. The molecule has 0 aromatic heterocycles. The smallest absolute Gasteiger partial charge is 0.189 e. The highest BCUT2D eigenvalue weighted by Crippen LogP contribution is 2.19. The number of benzene rings is 1. The van der Waals surface area contributed by atoms with Crippen LogP contribution in [0.1, 0.15) is 26.3 Å². The van der Waals surface area contributed by atoms with Crippen molar-refractivity contribution in [3.63, 3.8) is 0 Å². The molecule has 1 rings (SSSR count). The van der Waals surface area contributed by atoms with Crippen molar-refractivity contribution < 1.29 is 5.11 Å². The summed E-state index contributed by atoms with van der Waals surface area (Å²) in [5.74, 6) is 0.826. The van der Waals surface area contributed by atoms with Crippen molar-refractivity contribution in [3.8, 4) is 0 Å². The van der Waals surface area contributed by atoms with Crippen LogP contribution in [0, 0.1) is 5.92 Å². The Hall–Kier alpha value is -1.55. The average Bonchev–Trinajstić information content (AvgIpc) is 2.37. The standard InChI is InChI=1S/C14H23N3O/c1-11(2)9-16-13(15)17-14(3,10-18)12-7-5-4-6-8-12/h4-8,11,18H,9-10H2,1-3H3,(H3,15,16,17). The van der Waals surface area contributed by atoms with Crippen LogP contribution in [0.25, 0.3) is 0 Å². The van der Waals surface area contributed by atoms with E-state index >= 15 is 0 Å². The van der Waals surface area contributed by atoms with E-state index in [0.29, 0.717) is 18.4 Å². The monoisotopic (exact) mass is 249 g/mol. The number of nitrogens with two attached hydrogens (primary N) is 1. The Morgan fingerprint density at radius 1 is 1.39 bits per heavy atom. The molecule has 0 heterocycles. The van der Waals surface area contributed by atoms with Crippen molar-refractivity contribution >= 4 is 5.96 Å². The van der Waals surface area contributed by atoms with Gasteiger partial charge in [-0.2, -0.15) is 0 Å². The van der Waals surface area contributed by atoms with E-state index in [1.807, 2.05) is 37.3 Å². The van der Waals surface area contributed by atoms with Crippen LogP contribution in [-0.2, 0) is 5.54 Å². The summed E-state index contributed by atoms with van der Waals surface area (Å²) in [5.41, 5.74) is 6.23. The van der Waals surface area contributed by atoms with E-state index in [1.165, 1.54) is 0 Å². The van der Waals surface area contributed by atoms with Gasteiger partial charge >= 0.3 is 0 Å². The van der Waals surface area contributed by atoms with Gasteiger partial charge in [-0.15, -0.1) is 0 Å². The number of aliphatic hydroxyl groups is 1. The van der Waals surface area contributed by atoms with Gasteiger partial charge < -0.3 is 16.2 Å². The van der Waals surface area contributed by atoms with Crippen LogP contribution in [0.3, 0.4) is 0 Å². The highest BCUT2D eigenvalue weighted by Gasteiger charge is 2.25. The third-order valence-corrected chi connectivity index (χ3v) is 2.76. The molecule has 0 bridgehead atoms. The maximum atomic E-state index is 9.59. The number of aliphatic imine (C=N–C) groups is 1. The molecule has 0 aliphatic carbocycles. The van der Waals surface area contributed by atoms with Gasteiger partial charge in [0, 0.05) is 6.54 Å². The first-order chi connectivity index (χ1) is 8.48. The fraction of sp³-hybridized carbons (Fsp3) is 0.500. The fourth-order valence-corrected chi connectivity index (χ4v) is 1.61. The largest absolute Gasteiger partial charge is 0.394 e. The molecule has 0 aliphatic rings. The highest BCUT2D eigenvalue weighted by atomic mass is 16.3. The molecule has 18 heavy (non-hydrogen) atoms. The van der Waals surface area contributed by atoms with E-state index in [4.69, 9.17) is 5.73 Å². The molecule has 4 heteroatoms. The fourth-order valence-electron chi connectivity index (χ4n) is 1.61. The second-order valence-electron chi connectivity index (χ2n) is 5.10. The number of hydrogen-bond acceptors (Lipinski definition) is 2. The zero-order valence-electron chi connectivity index (χ0n) is 11.4. The number of rotatable bonds is 5. The molecular formula is C14H23N3O. The summed E-state index contributed by atoms with van der Waals surface area (Å²) in [6.07, 6.45) is 0. The summed E-state index contributed by atoms with van der Waals surface area (Å²) < 4.78 is 0. The zero-order chi connectivity index (χ0) is 13.6. The van der Waals surface area contributed by atoms with Crippen molar-refractivity contribution in [2.45, 2.75) is 26.3 Å². The van der Waals surface area contributed by atoms with Crippen molar-refractivity contribution in [2.24, 2.45) is 16.6 Å². The van der Waals surface area contributed by atoms with Gasteiger partial charge in [0.1, 0.15) is 0 Å². The second-order valence-corrected chi connectivity index (χ2v) is 5.10. The molecule has 0 saturated carbocycles. The Morgan fingerprint density at radius 3 is 2.50 bits per heavy atom. The Labute approximate surface area is 109 Å². The third kappa shape index (κ3) is 4.04. The number of nitrogens with zero attached hydrogens (tertiary/aromatic N) is 1. The van der Waals surface area contributed by atoms with Gasteiger partial charge in [0.25, 0.3) is 0 Å². The molecule has 0 spiro atoms. The van der Waals surface area contributed by atoms with Crippen LogP contribution >= 0.6 is 0 Å². The van der Waals surface area contributed by atoms with Crippen LogP contribution < -0.4 is 11.1 Å². The van der Waals surface area contributed by atoms with E-state index in [2.05, 4.69) is 24.2 Å². The Kier molecular flexibility index (Phi) is 5.16. The van der Waals surface area contributed by atoms with Gasteiger partial charge in [-0.1, -0.05) is 44.2 Å². The minimum atomic E-state index is -0.605. The molecule has 0 fully saturated rings. The minimum Gasteiger partial charge on any atom is -0.394 e. The van der Waals surface area contributed by atoms with Gasteiger partial charge in [-0.3, -0.25) is 4.99 Å². The lowest BCUT2D eigenvalue weighted by Gasteiger charge is -2.29. The normalized spacial score (nSPS) is 15.5. The molecule has 100 valence electrons. The Morgan fingerprint density at radius 2 is 2.00 bits per heavy atom. The summed E-state index contributed by atoms with van der Waals surface area (Å²) in [6, 6.07) is 9.73. The number of aliphatic hydroxyl groups excluding tert-OH is 1. The predicted molar refractivity (Wildman–Crippen MR) is 75.3 cm³/mol. The summed E-state index contributed by atoms with van der Waals surface area (Å²) in [6.45, 7) is 6.70. The van der Waals surface area contributed by atoms with Crippen LogP contribution in [0.4, 0.5) is 0 Å². The van der Waals surface area contributed by atoms with Crippen molar-refractivity contribution in [2.75, 3.05) is 13.2 Å². The first kappa shape index (κ1) is 14.5. The topological polar surface area (TPSA) is 70.6 Å². The molecule has 4 nitrogen and oxygen atoms in total. The van der Waals surface area contributed by atoms with Crippen LogP contribution in [0.5, 0.6) is 0 Å². The van der Waals surface area contributed by atoms with E-state index in [1.54, 1.807) is 0 Å². The van der Waals surface area contributed by atoms with E-state index in [0.717, 1.165) is 5.56 Å². The highest BCUT2D eigenvalue weighted by molar-refractivity contribution is 5.78. The third-order valence-electron chi connectivity index (χ3n) is 2.76. The molecule has 1 aromatic carbocycles. The molecule has 4 N–H and O–H groups in total. The molecule has 0 aliphatic heterocycles. The van der Waals surface area contributed by atoms with Gasteiger partial charge in [0.15, 0.2) is 5.96 Å². The predicted octanol–water partition coefficient (Wildman–Crippen LogP) is 1.45. The van der Waals surface area contributed by atoms with E-state index in [9.17, 15) is 5.11 Å². The van der Waals surface area contributed by atoms with Crippen LogP contribution in [0.2, 0.25) is 0 Å². The second kappa shape index (κ2) is 6.40.